The van der Waals surface area contributed by atoms with E-state index in [2.05, 4.69) is 23.5 Å². The highest BCUT2D eigenvalue weighted by atomic mass is 32.1. The van der Waals surface area contributed by atoms with Gasteiger partial charge in [0.1, 0.15) is 5.69 Å². The number of anilines is 1. The van der Waals surface area contributed by atoms with E-state index in [0.29, 0.717) is 0 Å². The molecule has 9 heteroatoms. The normalized spacial score (nSPS) is 10.9. The highest BCUT2D eigenvalue weighted by Crippen LogP contribution is 2.32. The minimum atomic E-state index is -4.66. The van der Waals surface area contributed by atoms with Crippen molar-refractivity contribution < 1.29 is 22.8 Å². The number of halogens is 3. The number of alkyl halides is 3. The van der Waals surface area contributed by atoms with Gasteiger partial charge >= 0.3 is 6.18 Å². The van der Waals surface area contributed by atoms with Gasteiger partial charge in [0.05, 0.1) is 11.1 Å². The molecular weight excluding hydrogens is 379 g/mol. The Kier molecular flexibility index (Phi) is 6.51. The summed E-state index contributed by atoms with van der Waals surface area (Å²) in [6.07, 6.45) is -1.57. The van der Waals surface area contributed by atoms with Gasteiger partial charge in [-0.2, -0.15) is 13.2 Å². The van der Waals surface area contributed by atoms with E-state index in [9.17, 15) is 22.8 Å². The van der Waals surface area contributed by atoms with Crippen molar-refractivity contribution in [3.63, 3.8) is 0 Å². The van der Waals surface area contributed by atoms with Gasteiger partial charge in [-0.1, -0.05) is 24.3 Å². The van der Waals surface area contributed by atoms with Gasteiger partial charge < -0.3 is 4.90 Å². The zero-order valence-corrected chi connectivity index (χ0v) is 14.9. The molecule has 1 aromatic carbocycles. The minimum absolute atomic E-state index is 0.0254. The number of carbonyl (C=O) groups is 2. The van der Waals surface area contributed by atoms with Crippen molar-refractivity contribution in [2.45, 2.75) is 6.18 Å². The molecule has 0 spiro atoms. The number of thiazole rings is 1. The molecule has 1 heterocycles. The predicted octanol–water partition coefficient (Wildman–Crippen LogP) is 4.23. The van der Waals surface area contributed by atoms with Crippen LogP contribution in [0, 0.1) is 0 Å². The third-order valence-corrected chi connectivity index (χ3v) is 4.16. The second-order valence-electron chi connectivity index (χ2n) is 5.32. The maximum absolute atomic E-state index is 13.0. The lowest BCUT2D eigenvalue weighted by atomic mass is 10.1. The summed E-state index contributed by atoms with van der Waals surface area (Å²) < 4.78 is 39.1. The van der Waals surface area contributed by atoms with E-state index in [4.69, 9.17) is 0 Å². The summed E-state index contributed by atoms with van der Waals surface area (Å²) in [6.45, 7) is 7.70. The number of hydrogen-bond donors (Lipinski definition) is 1. The Labute approximate surface area is 157 Å². The van der Waals surface area contributed by atoms with E-state index in [1.165, 1.54) is 22.4 Å². The van der Waals surface area contributed by atoms with Crippen molar-refractivity contribution >= 4 is 28.3 Å². The quantitative estimate of drug-likeness (QED) is 0.714. The number of aromatic nitrogens is 1. The van der Waals surface area contributed by atoms with Gasteiger partial charge in [0.25, 0.3) is 11.8 Å². The molecule has 0 atom stereocenters. The second kappa shape index (κ2) is 8.63. The van der Waals surface area contributed by atoms with E-state index < -0.39 is 29.1 Å². The van der Waals surface area contributed by atoms with Gasteiger partial charge in [-0.25, -0.2) is 4.98 Å². The number of amides is 2. The number of nitrogens with one attached hydrogen (secondary N) is 1. The molecule has 0 saturated carbocycles. The minimum Gasteiger partial charge on any atom is -0.330 e. The molecule has 27 heavy (non-hydrogen) atoms. The van der Waals surface area contributed by atoms with Crippen LogP contribution in [0.15, 0.2) is 55.0 Å². The molecule has 0 aliphatic rings. The van der Waals surface area contributed by atoms with Gasteiger partial charge in [0.15, 0.2) is 5.13 Å². The summed E-state index contributed by atoms with van der Waals surface area (Å²) in [6, 6.07) is 4.44. The van der Waals surface area contributed by atoms with Gasteiger partial charge in [0.2, 0.25) is 0 Å². The molecule has 1 aromatic heterocycles. The van der Waals surface area contributed by atoms with Crippen LogP contribution in [0.4, 0.5) is 18.3 Å². The highest BCUT2D eigenvalue weighted by molar-refractivity contribution is 7.14. The van der Waals surface area contributed by atoms with Crippen LogP contribution in [-0.2, 0) is 6.18 Å². The van der Waals surface area contributed by atoms with Crippen LogP contribution in [0.25, 0.3) is 0 Å². The molecule has 0 unspecified atom stereocenters. The van der Waals surface area contributed by atoms with E-state index in [0.717, 1.165) is 23.5 Å². The zero-order chi connectivity index (χ0) is 20.0. The zero-order valence-electron chi connectivity index (χ0n) is 14.1. The predicted molar refractivity (Wildman–Crippen MR) is 97.8 cm³/mol. The molecule has 2 rings (SSSR count). The average Bonchev–Trinajstić information content (AvgIpc) is 3.08. The summed E-state index contributed by atoms with van der Waals surface area (Å²) in [5.41, 5.74) is -1.49. The fraction of sp³-hybridized carbons (Fsp3) is 0.167. The second-order valence-corrected chi connectivity index (χ2v) is 6.18. The Morgan fingerprint density at radius 2 is 1.81 bits per heavy atom. The van der Waals surface area contributed by atoms with Crippen molar-refractivity contribution in [3.05, 3.63) is 71.8 Å². The number of hydrogen-bond acceptors (Lipinski definition) is 4. The lowest BCUT2D eigenvalue weighted by molar-refractivity contribution is -0.137. The summed E-state index contributed by atoms with van der Waals surface area (Å²) in [5.74, 6) is -1.35. The molecule has 0 aliphatic heterocycles. The Morgan fingerprint density at radius 3 is 2.41 bits per heavy atom. The Balaban J connectivity index is 2.19. The Bertz CT molecular complexity index is 852. The van der Waals surface area contributed by atoms with Crippen LogP contribution in [0.2, 0.25) is 0 Å². The molecular formula is C18H16F3N3O2S. The van der Waals surface area contributed by atoms with Crippen molar-refractivity contribution in [1.29, 1.82) is 0 Å². The standard InChI is InChI=1S/C18H16F3N3O2S/c1-3-9-24(10-4-2)16(26)14-11-27-17(22-14)23-15(25)12-7-5-6-8-13(12)18(19,20)21/h3-8,11H,1-2,9-10H2,(H,22,23,25). The first-order chi connectivity index (χ1) is 12.8. The molecule has 142 valence electrons. The third kappa shape index (κ3) is 5.04. The van der Waals surface area contributed by atoms with E-state index in [1.807, 2.05) is 0 Å². The van der Waals surface area contributed by atoms with Crippen LogP contribution < -0.4 is 5.32 Å². The number of benzene rings is 1. The lowest BCUT2D eigenvalue weighted by Gasteiger charge is -2.17. The Morgan fingerprint density at radius 1 is 1.19 bits per heavy atom. The van der Waals surface area contributed by atoms with Gasteiger partial charge in [-0.05, 0) is 12.1 Å². The lowest BCUT2D eigenvalue weighted by Crippen LogP contribution is -2.31. The molecule has 0 fully saturated rings. The van der Waals surface area contributed by atoms with Gasteiger partial charge in [-0.3, -0.25) is 14.9 Å². The van der Waals surface area contributed by atoms with E-state index in [1.54, 1.807) is 12.2 Å². The highest BCUT2D eigenvalue weighted by Gasteiger charge is 2.35. The van der Waals surface area contributed by atoms with Crippen molar-refractivity contribution in [2.24, 2.45) is 0 Å². The van der Waals surface area contributed by atoms with E-state index in [-0.39, 0.29) is 23.9 Å². The van der Waals surface area contributed by atoms with Crippen LogP contribution in [-0.4, -0.2) is 34.8 Å². The first-order valence-corrected chi connectivity index (χ1v) is 8.60. The number of carbonyl (C=O) groups excluding carboxylic acids is 2. The monoisotopic (exact) mass is 395 g/mol. The largest absolute Gasteiger partial charge is 0.417 e. The SMILES string of the molecule is C=CCN(CC=C)C(=O)c1csc(NC(=O)c2ccccc2C(F)(F)F)n1. The van der Waals surface area contributed by atoms with Crippen LogP contribution >= 0.6 is 11.3 Å². The summed E-state index contributed by atoms with van der Waals surface area (Å²) in [7, 11) is 0. The number of nitrogens with zero attached hydrogens (tertiary/aromatic N) is 2. The molecule has 0 aliphatic carbocycles. The smallest absolute Gasteiger partial charge is 0.330 e. The third-order valence-electron chi connectivity index (χ3n) is 3.41. The molecule has 0 bridgehead atoms. The summed E-state index contributed by atoms with van der Waals surface area (Å²) >= 11 is 0.944. The fourth-order valence-electron chi connectivity index (χ4n) is 2.24. The maximum atomic E-state index is 13.0. The van der Waals surface area contributed by atoms with Crippen LogP contribution in [0.3, 0.4) is 0 Å². The maximum Gasteiger partial charge on any atom is 0.417 e. The van der Waals surface area contributed by atoms with Crippen LogP contribution in [0.1, 0.15) is 26.4 Å². The number of rotatable bonds is 7. The summed E-state index contributed by atoms with van der Waals surface area (Å²) in [4.78, 5) is 30.1. The first kappa shape index (κ1) is 20.4. The van der Waals surface area contributed by atoms with Crippen molar-refractivity contribution in [1.82, 2.24) is 9.88 Å². The molecule has 0 radical (unpaired) electrons. The fourth-order valence-corrected chi connectivity index (χ4v) is 2.92. The molecule has 0 saturated heterocycles. The topological polar surface area (TPSA) is 62.3 Å². The molecule has 5 nitrogen and oxygen atoms in total. The Hall–Kier alpha value is -2.94. The first-order valence-electron chi connectivity index (χ1n) is 7.72. The van der Waals surface area contributed by atoms with Gasteiger partial charge in [-0.15, -0.1) is 24.5 Å². The van der Waals surface area contributed by atoms with Gasteiger partial charge in [0, 0.05) is 18.5 Å². The average molecular weight is 395 g/mol. The molecule has 1 N–H and O–H groups in total. The van der Waals surface area contributed by atoms with Crippen molar-refractivity contribution in [2.75, 3.05) is 18.4 Å². The van der Waals surface area contributed by atoms with E-state index >= 15 is 0 Å². The molecule has 2 amide bonds. The molecule has 2 aromatic rings. The van der Waals surface area contributed by atoms with Crippen LogP contribution in [0.5, 0.6) is 0 Å². The van der Waals surface area contributed by atoms with Crippen molar-refractivity contribution in [3.8, 4) is 0 Å². The summed E-state index contributed by atoms with van der Waals surface area (Å²) in [5, 5.41) is 3.76.